The van der Waals surface area contributed by atoms with Gasteiger partial charge in [0, 0.05) is 38.6 Å². The van der Waals surface area contributed by atoms with Crippen molar-refractivity contribution in [1.29, 1.82) is 0 Å². The third-order valence-corrected chi connectivity index (χ3v) is 3.71. The van der Waals surface area contributed by atoms with E-state index in [-0.39, 0.29) is 0 Å². The van der Waals surface area contributed by atoms with Crippen LogP contribution in [0.5, 0.6) is 0 Å². The summed E-state index contributed by atoms with van der Waals surface area (Å²) in [6, 6.07) is 5.79. The van der Waals surface area contributed by atoms with Crippen molar-refractivity contribution in [2.75, 3.05) is 41.7 Å². The molecule has 5 nitrogen and oxygen atoms in total. The summed E-state index contributed by atoms with van der Waals surface area (Å²) < 4.78 is 0. The second-order valence-electron chi connectivity index (χ2n) is 4.74. The van der Waals surface area contributed by atoms with Crippen LogP contribution in [0.15, 0.2) is 36.8 Å². The summed E-state index contributed by atoms with van der Waals surface area (Å²) in [5.41, 5.74) is 7.76. The minimum atomic E-state index is 0.664. The number of pyridine rings is 2. The van der Waals surface area contributed by atoms with E-state index in [4.69, 9.17) is 17.3 Å². The fourth-order valence-electron chi connectivity index (χ4n) is 2.42. The van der Waals surface area contributed by atoms with Crippen LogP contribution in [0.1, 0.15) is 0 Å². The van der Waals surface area contributed by atoms with Crippen molar-refractivity contribution >= 4 is 28.8 Å². The number of anilines is 3. The summed E-state index contributed by atoms with van der Waals surface area (Å²) in [5.74, 6) is 0.969. The molecule has 1 aliphatic rings. The Morgan fingerprint density at radius 3 is 2.40 bits per heavy atom. The summed E-state index contributed by atoms with van der Waals surface area (Å²) in [6.45, 7) is 3.66. The first-order valence-corrected chi connectivity index (χ1v) is 6.93. The van der Waals surface area contributed by atoms with Gasteiger partial charge in [0.1, 0.15) is 5.82 Å². The van der Waals surface area contributed by atoms with Gasteiger partial charge in [-0.3, -0.25) is 4.98 Å². The lowest BCUT2D eigenvalue weighted by Crippen LogP contribution is -2.47. The van der Waals surface area contributed by atoms with Gasteiger partial charge in [0.2, 0.25) is 0 Å². The Bertz CT molecular complexity index is 578. The molecule has 2 aromatic heterocycles. The summed E-state index contributed by atoms with van der Waals surface area (Å²) in [5, 5.41) is 0.664. The maximum atomic E-state index is 5.97. The molecule has 3 rings (SSSR count). The minimum absolute atomic E-state index is 0.664. The van der Waals surface area contributed by atoms with Gasteiger partial charge < -0.3 is 15.5 Å². The summed E-state index contributed by atoms with van der Waals surface area (Å²) in [7, 11) is 0. The minimum Gasteiger partial charge on any atom is -0.396 e. The number of hydrogen-bond acceptors (Lipinski definition) is 5. The fraction of sp³-hybridized carbons (Fsp3) is 0.286. The maximum Gasteiger partial charge on any atom is 0.128 e. The van der Waals surface area contributed by atoms with Gasteiger partial charge in [-0.05, 0) is 18.2 Å². The summed E-state index contributed by atoms with van der Waals surface area (Å²) >= 11 is 5.86. The zero-order valence-corrected chi connectivity index (χ0v) is 11.8. The molecule has 6 heteroatoms. The normalized spacial score (nSPS) is 15.4. The van der Waals surface area contributed by atoms with Crippen LogP contribution >= 0.6 is 11.6 Å². The third-order valence-electron chi connectivity index (χ3n) is 3.48. The first-order chi connectivity index (χ1) is 9.74. The number of nitrogens with zero attached hydrogens (tertiary/aromatic N) is 4. The van der Waals surface area contributed by atoms with Gasteiger partial charge in [-0.1, -0.05) is 11.6 Å². The van der Waals surface area contributed by atoms with E-state index in [1.807, 2.05) is 18.2 Å². The molecular formula is C14H16ClN5. The third kappa shape index (κ3) is 2.63. The molecule has 104 valence electrons. The van der Waals surface area contributed by atoms with Crippen LogP contribution in [-0.2, 0) is 0 Å². The quantitative estimate of drug-likeness (QED) is 0.917. The number of aromatic nitrogens is 2. The number of halogens is 1. The molecule has 3 heterocycles. The lowest BCUT2D eigenvalue weighted by molar-refractivity contribution is 0.648. The molecule has 0 spiro atoms. The largest absolute Gasteiger partial charge is 0.396 e. The van der Waals surface area contributed by atoms with Crippen LogP contribution in [0.3, 0.4) is 0 Å². The van der Waals surface area contributed by atoms with Crippen LogP contribution in [0.4, 0.5) is 17.2 Å². The van der Waals surface area contributed by atoms with E-state index in [0.717, 1.165) is 43.4 Å². The number of nitrogen functional groups attached to an aromatic ring is 1. The van der Waals surface area contributed by atoms with Crippen molar-refractivity contribution in [1.82, 2.24) is 9.97 Å². The van der Waals surface area contributed by atoms with Crippen LogP contribution in [0.2, 0.25) is 5.02 Å². The molecule has 20 heavy (non-hydrogen) atoms. The van der Waals surface area contributed by atoms with Gasteiger partial charge in [-0.15, -0.1) is 0 Å². The highest BCUT2D eigenvalue weighted by atomic mass is 35.5. The van der Waals surface area contributed by atoms with E-state index in [1.54, 1.807) is 18.6 Å². The fourth-order valence-corrected chi connectivity index (χ4v) is 2.53. The van der Waals surface area contributed by atoms with Gasteiger partial charge in [0.15, 0.2) is 0 Å². The lowest BCUT2D eigenvalue weighted by atomic mass is 10.2. The summed E-state index contributed by atoms with van der Waals surface area (Å²) in [6.07, 6.45) is 5.16. The van der Waals surface area contributed by atoms with Crippen molar-refractivity contribution in [2.45, 2.75) is 0 Å². The van der Waals surface area contributed by atoms with Crippen LogP contribution in [-0.4, -0.2) is 36.1 Å². The van der Waals surface area contributed by atoms with Gasteiger partial charge >= 0.3 is 0 Å². The van der Waals surface area contributed by atoms with Gasteiger partial charge in [-0.2, -0.15) is 0 Å². The molecule has 1 aliphatic heterocycles. The Morgan fingerprint density at radius 2 is 1.75 bits per heavy atom. The Kier molecular flexibility index (Phi) is 3.60. The lowest BCUT2D eigenvalue weighted by Gasteiger charge is -2.37. The van der Waals surface area contributed by atoms with E-state index in [9.17, 15) is 0 Å². The second kappa shape index (κ2) is 5.54. The van der Waals surface area contributed by atoms with Crippen molar-refractivity contribution in [2.24, 2.45) is 0 Å². The Hall–Kier alpha value is -2.01. The molecular weight excluding hydrogens is 274 g/mol. The zero-order valence-electron chi connectivity index (χ0n) is 11.0. The average molecular weight is 290 g/mol. The van der Waals surface area contributed by atoms with E-state index in [2.05, 4.69) is 19.8 Å². The number of rotatable bonds is 2. The van der Waals surface area contributed by atoms with E-state index >= 15 is 0 Å². The SMILES string of the molecule is Nc1cnccc1N1CCN(c2ccc(Cl)cn2)CC1. The Morgan fingerprint density at radius 1 is 1.00 bits per heavy atom. The first-order valence-electron chi connectivity index (χ1n) is 6.55. The molecule has 0 radical (unpaired) electrons. The molecule has 1 saturated heterocycles. The highest BCUT2D eigenvalue weighted by Gasteiger charge is 2.19. The van der Waals surface area contributed by atoms with Gasteiger partial charge in [0.25, 0.3) is 0 Å². The highest BCUT2D eigenvalue weighted by Crippen LogP contribution is 2.24. The maximum absolute atomic E-state index is 5.97. The number of piperazine rings is 1. The smallest absolute Gasteiger partial charge is 0.128 e. The van der Waals surface area contributed by atoms with Crippen molar-refractivity contribution < 1.29 is 0 Å². The van der Waals surface area contributed by atoms with Crippen LogP contribution in [0, 0.1) is 0 Å². The van der Waals surface area contributed by atoms with Crippen LogP contribution < -0.4 is 15.5 Å². The van der Waals surface area contributed by atoms with Gasteiger partial charge in [0.05, 0.1) is 22.6 Å². The topological polar surface area (TPSA) is 58.3 Å². The summed E-state index contributed by atoms with van der Waals surface area (Å²) in [4.78, 5) is 12.9. The molecule has 1 fully saturated rings. The molecule has 0 aliphatic carbocycles. The van der Waals surface area contributed by atoms with E-state index in [0.29, 0.717) is 5.02 Å². The van der Waals surface area contributed by atoms with E-state index in [1.165, 1.54) is 0 Å². The zero-order chi connectivity index (χ0) is 13.9. The van der Waals surface area contributed by atoms with Crippen molar-refractivity contribution in [3.8, 4) is 0 Å². The molecule has 0 unspecified atom stereocenters. The van der Waals surface area contributed by atoms with Crippen molar-refractivity contribution in [3.05, 3.63) is 41.8 Å². The van der Waals surface area contributed by atoms with Crippen molar-refractivity contribution in [3.63, 3.8) is 0 Å². The van der Waals surface area contributed by atoms with E-state index < -0.39 is 0 Å². The predicted molar refractivity (Wildman–Crippen MR) is 82.3 cm³/mol. The predicted octanol–water partition coefficient (Wildman–Crippen LogP) is 2.04. The average Bonchev–Trinajstić information content (AvgIpc) is 2.49. The molecule has 2 N–H and O–H groups in total. The van der Waals surface area contributed by atoms with Crippen LogP contribution in [0.25, 0.3) is 0 Å². The first kappa shape index (κ1) is 13.0. The molecule has 0 amide bonds. The standard InChI is InChI=1S/C14H16ClN5/c15-11-1-2-14(18-9-11)20-7-5-19(6-8-20)13-3-4-17-10-12(13)16/h1-4,9-10H,5-8,16H2. The Balaban J connectivity index is 1.68. The molecule has 2 aromatic rings. The number of nitrogens with two attached hydrogens (primary N) is 1. The highest BCUT2D eigenvalue weighted by molar-refractivity contribution is 6.30. The molecule has 0 saturated carbocycles. The molecule has 0 atom stereocenters. The Labute approximate surface area is 123 Å². The molecule has 0 bridgehead atoms. The molecule has 0 aromatic carbocycles. The van der Waals surface area contributed by atoms with Gasteiger partial charge in [-0.25, -0.2) is 4.98 Å². The monoisotopic (exact) mass is 289 g/mol. The number of hydrogen-bond donors (Lipinski definition) is 1. The second-order valence-corrected chi connectivity index (χ2v) is 5.18.